The predicted octanol–water partition coefficient (Wildman–Crippen LogP) is 8.47. The first kappa shape index (κ1) is 32.6. The van der Waals surface area contributed by atoms with Crippen LogP contribution in [0.5, 0.6) is 0 Å². The molecule has 0 saturated carbocycles. The highest BCUT2D eigenvalue weighted by Gasteiger charge is 2.46. The fourth-order valence-corrected chi connectivity index (χ4v) is 11.1. The summed E-state index contributed by atoms with van der Waals surface area (Å²) in [5.41, 5.74) is 3.22. The molecule has 0 aliphatic rings. The van der Waals surface area contributed by atoms with E-state index in [9.17, 15) is 4.79 Å². The number of unbranched alkanes of at least 4 members (excludes halogenated alkanes) is 3. The van der Waals surface area contributed by atoms with Crippen molar-refractivity contribution < 1.29 is 17.7 Å². The number of aryl methyl sites for hydroxylation is 1. The van der Waals surface area contributed by atoms with Gasteiger partial charge in [-0.1, -0.05) is 26.2 Å². The van der Waals surface area contributed by atoms with Crippen LogP contribution in [-0.2, 0) is 19.7 Å². The van der Waals surface area contributed by atoms with Crippen molar-refractivity contribution in [1.82, 2.24) is 0 Å². The molecule has 228 valence electrons. The monoisotopic (exact) mass is 627 g/mol. The Kier molecular flexibility index (Phi) is 12.0. The Hall–Kier alpha value is -2.27. The van der Waals surface area contributed by atoms with Crippen molar-refractivity contribution in [3.05, 3.63) is 58.4 Å². The molecule has 42 heavy (non-hydrogen) atoms. The van der Waals surface area contributed by atoms with Crippen molar-refractivity contribution in [3.8, 4) is 20.2 Å². The lowest BCUT2D eigenvalue weighted by atomic mass is 10.1. The van der Waals surface area contributed by atoms with Gasteiger partial charge in [-0.2, -0.15) is 0 Å². The van der Waals surface area contributed by atoms with E-state index in [1.165, 1.54) is 24.8 Å². The van der Waals surface area contributed by atoms with E-state index in [1.54, 1.807) is 22.7 Å². The van der Waals surface area contributed by atoms with E-state index in [0.717, 1.165) is 56.1 Å². The van der Waals surface area contributed by atoms with Gasteiger partial charge in [0.05, 0.1) is 10.1 Å². The fourth-order valence-electron chi connectivity index (χ4n) is 5.30. The van der Waals surface area contributed by atoms with Gasteiger partial charge >= 0.3 is 14.4 Å². The predicted molar refractivity (Wildman–Crippen MR) is 181 cm³/mol. The second kappa shape index (κ2) is 15.5. The summed E-state index contributed by atoms with van der Waals surface area (Å²) in [6, 6.07) is 14.5. The summed E-state index contributed by atoms with van der Waals surface area (Å²) < 4.78 is 26.0. The van der Waals surface area contributed by atoms with Crippen molar-refractivity contribution in [3.63, 3.8) is 0 Å². The Morgan fingerprint density at radius 3 is 2.10 bits per heavy atom. The SMILES string of the molecule is CCCCCCc1cc(-c2ccc(-c3cc4ccc(N(CC)CC)cc4oc3=O)s2)sc1[Si](OCC)(OCC)OCC. The summed E-state index contributed by atoms with van der Waals surface area (Å²) in [4.78, 5) is 18.6. The zero-order chi connectivity index (χ0) is 30.1. The Morgan fingerprint density at radius 1 is 0.762 bits per heavy atom. The van der Waals surface area contributed by atoms with Crippen molar-refractivity contribution in [1.29, 1.82) is 0 Å². The van der Waals surface area contributed by atoms with E-state index in [-0.39, 0.29) is 5.63 Å². The minimum absolute atomic E-state index is 0.313. The van der Waals surface area contributed by atoms with Crippen LogP contribution >= 0.6 is 22.7 Å². The number of nitrogens with zero attached hydrogens (tertiary/aromatic N) is 1. The summed E-state index contributed by atoms with van der Waals surface area (Å²) in [6.45, 7) is 15.9. The van der Waals surface area contributed by atoms with Crippen LogP contribution in [0, 0.1) is 0 Å². The molecule has 0 unspecified atom stereocenters. The summed E-state index contributed by atoms with van der Waals surface area (Å²) in [6.07, 6.45) is 5.72. The maximum atomic E-state index is 13.2. The highest BCUT2D eigenvalue weighted by atomic mass is 32.1. The highest BCUT2D eigenvalue weighted by Crippen LogP contribution is 2.38. The van der Waals surface area contributed by atoms with Gasteiger partial charge in [0.15, 0.2) is 0 Å². The molecule has 0 fully saturated rings. The standard InChI is InChI=1S/C33H45NO5S2Si/c1-7-13-14-15-16-25-22-31(41-33(25)42(36-10-4,37-11-5)38-12-6)30-20-19-29(40-30)27-21-24-17-18-26(34(8-2)9-3)23-28(24)39-32(27)35/h17-23H,7-16H2,1-6H3. The molecular weight excluding hydrogens is 583 g/mol. The van der Waals surface area contributed by atoms with Crippen molar-refractivity contribution in [2.45, 2.75) is 73.6 Å². The molecule has 3 aromatic heterocycles. The quantitative estimate of drug-likeness (QED) is 0.0665. The molecule has 0 N–H and O–H groups in total. The Labute approximate surface area is 259 Å². The molecule has 0 spiro atoms. The molecule has 3 heterocycles. The molecule has 9 heteroatoms. The van der Waals surface area contributed by atoms with E-state index >= 15 is 0 Å². The maximum Gasteiger partial charge on any atom is 0.547 e. The van der Waals surface area contributed by atoms with Gasteiger partial charge in [0.2, 0.25) is 0 Å². The number of anilines is 1. The second-order valence-corrected chi connectivity index (χ2v) is 15.1. The number of hydrogen-bond donors (Lipinski definition) is 0. The van der Waals surface area contributed by atoms with E-state index < -0.39 is 8.80 Å². The van der Waals surface area contributed by atoms with Gasteiger partial charge in [0.25, 0.3) is 0 Å². The van der Waals surface area contributed by atoms with Gasteiger partial charge in [0.1, 0.15) is 5.58 Å². The Balaban J connectivity index is 1.72. The molecule has 0 bridgehead atoms. The molecule has 0 aliphatic carbocycles. The van der Waals surface area contributed by atoms with E-state index in [4.69, 9.17) is 17.7 Å². The first-order chi connectivity index (χ1) is 20.4. The van der Waals surface area contributed by atoms with Gasteiger partial charge in [-0.25, -0.2) is 4.79 Å². The summed E-state index contributed by atoms with van der Waals surface area (Å²) in [7, 11) is -3.06. The van der Waals surface area contributed by atoms with Gasteiger partial charge in [-0.15, -0.1) is 22.7 Å². The minimum Gasteiger partial charge on any atom is -0.422 e. The van der Waals surface area contributed by atoms with E-state index in [1.807, 2.05) is 45.0 Å². The third-order valence-electron chi connectivity index (χ3n) is 7.35. The van der Waals surface area contributed by atoms with Crippen molar-refractivity contribution in [2.24, 2.45) is 0 Å². The summed E-state index contributed by atoms with van der Waals surface area (Å²) in [5.74, 6) is 0. The van der Waals surface area contributed by atoms with Crippen LogP contribution in [0.1, 0.15) is 72.8 Å². The van der Waals surface area contributed by atoms with Crippen LogP contribution in [0.3, 0.4) is 0 Å². The molecule has 6 nitrogen and oxygen atoms in total. The molecule has 0 aliphatic heterocycles. The van der Waals surface area contributed by atoms with Gasteiger partial charge in [0, 0.05) is 64.7 Å². The number of benzene rings is 1. The fraction of sp³-hybridized carbons (Fsp3) is 0.485. The van der Waals surface area contributed by atoms with Crippen LogP contribution in [0.2, 0.25) is 0 Å². The molecule has 0 atom stereocenters. The first-order valence-corrected chi connectivity index (χ1v) is 18.8. The number of rotatable bonds is 17. The molecule has 4 rings (SSSR count). The third-order valence-corrected chi connectivity index (χ3v) is 13.6. The molecular formula is C33H45NO5S2Si. The zero-order valence-electron chi connectivity index (χ0n) is 25.9. The smallest absolute Gasteiger partial charge is 0.422 e. The van der Waals surface area contributed by atoms with E-state index in [0.29, 0.717) is 31.0 Å². The lowest BCUT2D eigenvalue weighted by Crippen LogP contribution is -2.56. The van der Waals surface area contributed by atoms with Gasteiger partial charge in [-0.3, -0.25) is 0 Å². The maximum absolute atomic E-state index is 13.2. The Morgan fingerprint density at radius 2 is 1.45 bits per heavy atom. The highest BCUT2D eigenvalue weighted by molar-refractivity contribution is 7.30. The lowest BCUT2D eigenvalue weighted by molar-refractivity contribution is 0.0865. The van der Waals surface area contributed by atoms with Gasteiger partial charge < -0.3 is 22.6 Å². The van der Waals surface area contributed by atoms with Crippen LogP contribution in [0.15, 0.2) is 51.7 Å². The molecule has 1 aromatic carbocycles. The minimum atomic E-state index is -3.06. The molecule has 0 radical (unpaired) electrons. The summed E-state index contributed by atoms with van der Waals surface area (Å²) >= 11 is 3.33. The number of thiophene rings is 2. The van der Waals surface area contributed by atoms with Crippen LogP contribution in [0.4, 0.5) is 5.69 Å². The van der Waals surface area contributed by atoms with Gasteiger partial charge in [-0.05, 0) is 89.4 Å². The van der Waals surface area contributed by atoms with Crippen molar-refractivity contribution >= 4 is 52.6 Å². The largest absolute Gasteiger partial charge is 0.547 e. The normalized spacial score (nSPS) is 12.0. The topological polar surface area (TPSA) is 61.1 Å². The zero-order valence-corrected chi connectivity index (χ0v) is 28.6. The van der Waals surface area contributed by atoms with Crippen LogP contribution < -0.4 is 15.0 Å². The average molecular weight is 628 g/mol. The van der Waals surface area contributed by atoms with E-state index in [2.05, 4.69) is 43.9 Å². The number of hydrogen-bond acceptors (Lipinski definition) is 8. The molecule has 0 saturated heterocycles. The average Bonchev–Trinajstić information content (AvgIpc) is 3.64. The lowest BCUT2D eigenvalue weighted by Gasteiger charge is -2.28. The number of fused-ring (bicyclic) bond motifs is 1. The second-order valence-electron chi connectivity index (χ2n) is 10.1. The third kappa shape index (κ3) is 7.26. The molecule has 4 aromatic rings. The first-order valence-electron chi connectivity index (χ1n) is 15.4. The van der Waals surface area contributed by atoms with Crippen LogP contribution in [0.25, 0.3) is 31.2 Å². The molecule has 0 amide bonds. The van der Waals surface area contributed by atoms with Crippen LogP contribution in [-0.4, -0.2) is 41.7 Å². The Bertz CT molecular complexity index is 1470. The summed E-state index contributed by atoms with van der Waals surface area (Å²) in [5, 5.41) is 0.921. The van der Waals surface area contributed by atoms with Crippen molar-refractivity contribution in [2.75, 3.05) is 37.8 Å².